The van der Waals surface area contributed by atoms with Crippen molar-refractivity contribution in [2.45, 2.75) is 43.8 Å². The highest BCUT2D eigenvalue weighted by molar-refractivity contribution is 5.93. The zero-order chi connectivity index (χ0) is 28.4. The zero-order valence-corrected chi connectivity index (χ0v) is 20.3. The van der Waals surface area contributed by atoms with Crippen molar-refractivity contribution in [2.75, 3.05) is 32.8 Å². The second-order valence-corrected chi connectivity index (χ2v) is 7.77. The molecule has 18 nitrogen and oxygen atoms in total. The molecule has 0 aromatic rings. The molecule has 18 heteroatoms. The van der Waals surface area contributed by atoms with Crippen LogP contribution in [-0.4, -0.2) is 103 Å². The van der Waals surface area contributed by atoms with Gasteiger partial charge in [0.2, 0.25) is 23.6 Å². The monoisotopic (exact) mass is 531 g/mol. The van der Waals surface area contributed by atoms with Gasteiger partial charge in [0.1, 0.15) is 18.1 Å². The van der Waals surface area contributed by atoms with Crippen molar-refractivity contribution in [3.63, 3.8) is 0 Å². The largest absolute Gasteiger partial charge is 0.480 e. The van der Waals surface area contributed by atoms with Crippen LogP contribution < -0.4 is 49.1 Å². The van der Waals surface area contributed by atoms with Crippen LogP contribution in [-0.2, 0) is 24.0 Å². The Hall–Kier alpha value is -4.19. The van der Waals surface area contributed by atoms with Crippen molar-refractivity contribution < 1.29 is 34.2 Å². The van der Waals surface area contributed by atoms with Crippen LogP contribution in [0.2, 0.25) is 0 Å². The molecule has 0 saturated heterocycles. The number of carbonyl (C=O) groups excluding carboxylic acids is 4. The molecular weight excluding hydrogens is 494 g/mol. The number of carboxylic acid groups (broad SMARTS) is 1. The number of aliphatic hydroxyl groups is 1. The fourth-order valence-electron chi connectivity index (χ4n) is 2.73. The number of hydrogen-bond acceptors (Lipinski definition) is 9. The molecule has 16 N–H and O–H groups in total. The summed E-state index contributed by atoms with van der Waals surface area (Å²) in [7, 11) is 0. The van der Waals surface area contributed by atoms with Gasteiger partial charge in [-0.25, -0.2) is 4.79 Å². The van der Waals surface area contributed by atoms with E-state index in [1.165, 1.54) is 0 Å². The third-order valence-electron chi connectivity index (χ3n) is 4.64. The summed E-state index contributed by atoms with van der Waals surface area (Å²) < 4.78 is 0. The third-order valence-corrected chi connectivity index (χ3v) is 4.64. The molecule has 0 radical (unpaired) electrons. The Morgan fingerprint density at radius 3 is 1.73 bits per heavy atom. The summed E-state index contributed by atoms with van der Waals surface area (Å²) in [5.74, 6) is -4.89. The molecule has 0 fully saturated rings. The summed E-state index contributed by atoms with van der Waals surface area (Å²) in [6, 6.07) is -3.64. The molecule has 37 heavy (non-hydrogen) atoms. The summed E-state index contributed by atoms with van der Waals surface area (Å²) in [5, 5.41) is 46.7. The lowest BCUT2D eigenvalue weighted by atomic mass is 10.1. The van der Waals surface area contributed by atoms with Crippen LogP contribution >= 0.6 is 0 Å². The quantitative estimate of drug-likeness (QED) is 0.0446. The van der Waals surface area contributed by atoms with E-state index in [2.05, 4.69) is 31.9 Å². The molecule has 0 heterocycles. The second kappa shape index (κ2) is 18.1. The topological polar surface area (TPSA) is 324 Å². The number of carbonyl (C=O) groups is 5. The van der Waals surface area contributed by atoms with E-state index >= 15 is 0 Å². The van der Waals surface area contributed by atoms with E-state index in [9.17, 15) is 29.1 Å². The van der Waals surface area contributed by atoms with E-state index < -0.39 is 67.4 Å². The molecular formula is C19H37N11O7. The maximum atomic E-state index is 12.8. The van der Waals surface area contributed by atoms with Crippen LogP contribution in [0.25, 0.3) is 0 Å². The summed E-state index contributed by atoms with van der Waals surface area (Å²) in [6.45, 7) is -1.23. The fourth-order valence-corrected chi connectivity index (χ4v) is 2.73. The van der Waals surface area contributed by atoms with Gasteiger partial charge in [0, 0.05) is 13.1 Å². The van der Waals surface area contributed by atoms with Crippen LogP contribution in [0.5, 0.6) is 0 Å². The first kappa shape index (κ1) is 32.8. The van der Waals surface area contributed by atoms with Crippen molar-refractivity contribution in [2.24, 2.45) is 17.2 Å². The Morgan fingerprint density at radius 1 is 0.730 bits per heavy atom. The van der Waals surface area contributed by atoms with Crippen molar-refractivity contribution in [1.82, 2.24) is 31.9 Å². The van der Waals surface area contributed by atoms with E-state index in [0.717, 1.165) is 0 Å². The van der Waals surface area contributed by atoms with Gasteiger partial charge in [0.25, 0.3) is 0 Å². The number of nitrogens with two attached hydrogens (primary N) is 3. The molecule has 0 saturated carbocycles. The summed E-state index contributed by atoms with van der Waals surface area (Å²) in [4.78, 5) is 59.9. The van der Waals surface area contributed by atoms with Gasteiger partial charge in [-0.2, -0.15) is 0 Å². The van der Waals surface area contributed by atoms with E-state index in [1.54, 1.807) is 0 Å². The predicted octanol–water partition coefficient (Wildman–Crippen LogP) is -5.88. The van der Waals surface area contributed by atoms with Gasteiger partial charge in [0.05, 0.1) is 19.7 Å². The number of rotatable bonds is 18. The van der Waals surface area contributed by atoms with Crippen LogP contribution in [0.3, 0.4) is 0 Å². The smallest absolute Gasteiger partial charge is 0.326 e. The van der Waals surface area contributed by atoms with Crippen LogP contribution in [0.4, 0.5) is 0 Å². The van der Waals surface area contributed by atoms with Crippen molar-refractivity contribution in [3.05, 3.63) is 0 Å². The zero-order valence-electron chi connectivity index (χ0n) is 20.3. The number of guanidine groups is 2. The van der Waals surface area contributed by atoms with Gasteiger partial charge in [0.15, 0.2) is 11.9 Å². The van der Waals surface area contributed by atoms with Crippen molar-refractivity contribution >= 4 is 41.5 Å². The molecule has 0 aliphatic heterocycles. The van der Waals surface area contributed by atoms with E-state index in [0.29, 0.717) is 0 Å². The Balaban J connectivity index is 4.96. The first-order valence-electron chi connectivity index (χ1n) is 11.3. The maximum Gasteiger partial charge on any atom is 0.326 e. The second-order valence-electron chi connectivity index (χ2n) is 7.77. The minimum Gasteiger partial charge on any atom is -0.480 e. The molecule has 0 aliphatic carbocycles. The molecule has 4 amide bonds. The molecule has 0 rings (SSSR count). The minimum absolute atomic E-state index is 0.0234. The number of aliphatic hydroxyl groups excluding tert-OH is 1. The average Bonchev–Trinajstić information content (AvgIpc) is 2.83. The van der Waals surface area contributed by atoms with Crippen molar-refractivity contribution in [3.8, 4) is 0 Å². The van der Waals surface area contributed by atoms with Gasteiger partial charge in [-0.3, -0.25) is 30.0 Å². The molecule has 0 bridgehead atoms. The SMILES string of the molecule is N=C(N)NCCCC(NC(=O)C(CCCNC(=N)N)NC(=O)CNC(=O)CNC(=O)C(N)CO)C(=O)O. The van der Waals surface area contributed by atoms with Gasteiger partial charge in [-0.15, -0.1) is 0 Å². The van der Waals surface area contributed by atoms with Gasteiger partial charge in [-0.05, 0) is 25.7 Å². The Bertz CT molecular complexity index is 824. The van der Waals surface area contributed by atoms with E-state index in [4.69, 9.17) is 33.1 Å². The normalized spacial score (nSPS) is 12.7. The lowest BCUT2D eigenvalue weighted by molar-refractivity contribution is -0.142. The lowest BCUT2D eigenvalue weighted by Gasteiger charge is -2.22. The molecule has 0 aromatic heterocycles. The van der Waals surface area contributed by atoms with Gasteiger partial charge < -0.3 is 59.3 Å². The first-order valence-corrected chi connectivity index (χ1v) is 11.3. The molecule has 3 unspecified atom stereocenters. The molecule has 0 spiro atoms. The average molecular weight is 532 g/mol. The van der Waals surface area contributed by atoms with E-state index in [1.807, 2.05) is 0 Å². The minimum atomic E-state index is -1.30. The van der Waals surface area contributed by atoms with Crippen LogP contribution in [0.1, 0.15) is 25.7 Å². The Labute approximate surface area is 212 Å². The number of amides is 4. The van der Waals surface area contributed by atoms with E-state index in [-0.39, 0.29) is 50.7 Å². The summed E-state index contributed by atoms with van der Waals surface area (Å²) in [5.41, 5.74) is 15.7. The first-order chi connectivity index (χ1) is 17.4. The van der Waals surface area contributed by atoms with Crippen LogP contribution in [0.15, 0.2) is 0 Å². The highest BCUT2D eigenvalue weighted by atomic mass is 16.4. The number of nitrogens with one attached hydrogen (secondary N) is 8. The molecule has 210 valence electrons. The number of hydrogen-bond donors (Lipinski definition) is 13. The number of aliphatic carboxylic acids is 1. The number of carboxylic acids is 1. The summed E-state index contributed by atoms with van der Waals surface area (Å²) in [6.07, 6.45) is 0.638. The Morgan fingerprint density at radius 2 is 1.24 bits per heavy atom. The van der Waals surface area contributed by atoms with Gasteiger partial charge in [-0.1, -0.05) is 0 Å². The predicted molar refractivity (Wildman–Crippen MR) is 131 cm³/mol. The summed E-state index contributed by atoms with van der Waals surface area (Å²) >= 11 is 0. The Kier molecular flexibility index (Phi) is 16.1. The molecule has 0 aromatic carbocycles. The third kappa shape index (κ3) is 16.2. The fraction of sp³-hybridized carbons (Fsp3) is 0.632. The standard InChI is InChI=1S/C19H37N11O7/c20-10(9-31)15(34)28-7-13(32)27-8-14(33)29-11(3-1-5-25-18(21)22)16(35)30-12(17(36)37)4-2-6-26-19(23)24/h10-12,31H,1-9,20H2,(H,27,32)(H,28,34)(H,29,33)(H,30,35)(H,36,37)(H4,21,22,25)(H4,23,24,26). The van der Waals surface area contributed by atoms with Crippen molar-refractivity contribution in [1.29, 1.82) is 10.8 Å². The maximum absolute atomic E-state index is 12.8. The lowest BCUT2D eigenvalue weighted by Crippen LogP contribution is -2.53. The molecule has 0 aliphatic rings. The highest BCUT2D eigenvalue weighted by Crippen LogP contribution is 2.02. The van der Waals surface area contributed by atoms with Gasteiger partial charge >= 0.3 is 5.97 Å². The molecule has 3 atom stereocenters. The van der Waals surface area contributed by atoms with Crippen LogP contribution in [0, 0.1) is 10.8 Å². The highest BCUT2D eigenvalue weighted by Gasteiger charge is 2.26.